The Labute approximate surface area is 108 Å². The van der Waals surface area contributed by atoms with Crippen molar-refractivity contribution in [2.45, 2.75) is 37.9 Å². The number of nitrogens with one attached hydrogen (secondary N) is 1. The lowest BCUT2D eigenvalue weighted by atomic mass is 9.89. The number of fused-ring (bicyclic) bond motifs is 2. The topological polar surface area (TPSA) is 72.2 Å². The van der Waals surface area contributed by atoms with Gasteiger partial charge in [-0.05, 0) is 43.9 Å². The van der Waals surface area contributed by atoms with Gasteiger partial charge in [0, 0.05) is 6.54 Å². The summed E-state index contributed by atoms with van der Waals surface area (Å²) in [6.45, 7) is 2.09. The predicted octanol–water partition coefficient (Wildman–Crippen LogP) is 1.02. The van der Waals surface area contributed by atoms with Crippen molar-refractivity contribution in [1.29, 1.82) is 0 Å². The van der Waals surface area contributed by atoms with Gasteiger partial charge in [0.1, 0.15) is 5.25 Å². The molecule has 17 heavy (non-hydrogen) atoms. The van der Waals surface area contributed by atoms with Crippen molar-refractivity contribution in [1.82, 2.24) is 4.72 Å². The van der Waals surface area contributed by atoms with E-state index >= 15 is 0 Å². The molecule has 0 spiro atoms. The maximum absolute atomic E-state index is 11.9. The van der Waals surface area contributed by atoms with Crippen LogP contribution in [-0.4, -0.2) is 25.2 Å². The molecule has 0 aliphatic heterocycles. The molecular formula is C11H20N2O2S2. The van der Waals surface area contributed by atoms with Gasteiger partial charge in [-0.1, -0.05) is 18.6 Å². The summed E-state index contributed by atoms with van der Waals surface area (Å²) in [5, 5.41) is -0.781. The van der Waals surface area contributed by atoms with Gasteiger partial charge in [0.2, 0.25) is 10.0 Å². The van der Waals surface area contributed by atoms with Crippen LogP contribution in [0.15, 0.2) is 0 Å². The standard InChI is InChI=1S/C11H20N2O2S2/c1-7(11(12)16)17(14,15)13-6-10-5-8-2-3-9(10)4-8/h7-10,13H,2-6H2,1H3,(H2,12,16). The highest BCUT2D eigenvalue weighted by atomic mass is 32.2. The SMILES string of the molecule is CC(C(N)=S)S(=O)(=O)NCC1CC2CCC1C2. The van der Waals surface area contributed by atoms with Gasteiger partial charge in [-0.15, -0.1) is 0 Å². The number of hydrogen-bond donors (Lipinski definition) is 2. The number of nitrogens with two attached hydrogens (primary N) is 1. The van der Waals surface area contributed by atoms with Crippen molar-refractivity contribution in [2.24, 2.45) is 23.5 Å². The zero-order valence-corrected chi connectivity index (χ0v) is 11.7. The molecule has 2 aliphatic carbocycles. The number of hydrogen-bond acceptors (Lipinski definition) is 3. The molecule has 0 saturated heterocycles. The molecule has 0 aromatic heterocycles. The average molecular weight is 276 g/mol. The molecule has 2 aliphatic rings. The molecule has 0 amide bonds. The highest BCUT2D eigenvalue weighted by Gasteiger charge is 2.39. The minimum atomic E-state index is -3.38. The first kappa shape index (κ1) is 13.2. The molecule has 3 N–H and O–H groups in total. The van der Waals surface area contributed by atoms with Crippen LogP contribution in [0.1, 0.15) is 32.6 Å². The van der Waals surface area contributed by atoms with E-state index in [0.29, 0.717) is 12.5 Å². The summed E-state index contributed by atoms with van der Waals surface area (Å²) in [6.07, 6.45) is 5.06. The molecule has 0 aromatic rings. The summed E-state index contributed by atoms with van der Waals surface area (Å²) in [6, 6.07) is 0. The zero-order valence-electron chi connectivity index (χ0n) is 10.1. The first-order chi connectivity index (χ1) is 7.90. The van der Waals surface area contributed by atoms with E-state index in [2.05, 4.69) is 4.72 Å². The van der Waals surface area contributed by atoms with Crippen LogP contribution in [0.5, 0.6) is 0 Å². The van der Waals surface area contributed by atoms with Crippen LogP contribution in [0, 0.1) is 17.8 Å². The Balaban J connectivity index is 1.88. The fourth-order valence-corrected chi connectivity index (χ4v) is 4.51. The van der Waals surface area contributed by atoms with E-state index in [0.717, 1.165) is 11.8 Å². The molecule has 2 rings (SSSR count). The number of thiocarbonyl (C=S) groups is 1. The molecule has 6 heteroatoms. The molecule has 2 saturated carbocycles. The average Bonchev–Trinajstić information content (AvgIpc) is 2.86. The lowest BCUT2D eigenvalue weighted by molar-refractivity contribution is 0.332. The van der Waals surface area contributed by atoms with E-state index in [1.165, 1.54) is 32.6 Å². The van der Waals surface area contributed by atoms with Gasteiger partial charge in [-0.3, -0.25) is 0 Å². The highest BCUT2D eigenvalue weighted by molar-refractivity contribution is 7.93. The van der Waals surface area contributed by atoms with Crippen LogP contribution in [-0.2, 0) is 10.0 Å². The normalized spacial score (nSPS) is 33.8. The summed E-state index contributed by atoms with van der Waals surface area (Å²) in [5.41, 5.74) is 5.38. The quantitative estimate of drug-likeness (QED) is 0.735. The third-order valence-corrected chi connectivity index (χ3v) is 6.55. The van der Waals surface area contributed by atoms with Crippen LogP contribution < -0.4 is 10.5 Å². The second kappa shape index (κ2) is 4.82. The molecule has 0 heterocycles. The molecular weight excluding hydrogens is 256 g/mol. The molecule has 2 fully saturated rings. The van der Waals surface area contributed by atoms with E-state index in [4.69, 9.17) is 18.0 Å². The third kappa shape index (κ3) is 2.80. The smallest absolute Gasteiger partial charge is 0.220 e. The summed E-state index contributed by atoms with van der Waals surface area (Å²) < 4.78 is 26.4. The van der Waals surface area contributed by atoms with Gasteiger partial charge in [-0.2, -0.15) is 0 Å². The van der Waals surface area contributed by atoms with Crippen molar-refractivity contribution < 1.29 is 8.42 Å². The molecule has 4 nitrogen and oxygen atoms in total. The second-order valence-electron chi connectivity index (χ2n) is 5.37. The van der Waals surface area contributed by atoms with Crippen LogP contribution in [0.2, 0.25) is 0 Å². The number of rotatable bonds is 5. The summed E-state index contributed by atoms with van der Waals surface area (Å²) in [4.78, 5) is 0.0328. The van der Waals surface area contributed by atoms with E-state index < -0.39 is 15.3 Å². The Hall–Kier alpha value is -0.200. The van der Waals surface area contributed by atoms with Crippen LogP contribution >= 0.6 is 12.2 Å². The minimum Gasteiger partial charge on any atom is -0.392 e. The maximum atomic E-state index is 11.9. The van der Waals surface area contributed by atoms with Gasteiger partial charge in [0.25, 0.3) is 0 Å². The van der Waals surface area contributed by atoms with E-state index in [1.54, 1.807) is 0 Å². The Morgan fingerprint density at radius 2 is 2.18 bits per heavy atom. The van der Waals surface area contributed by atoms with E-state index in [1.807, 2.05) is 0 Å². The van der Waals surface area contributed by atoms with E-state index in [9.17, 15) is 8.42 Å². The largest absolute Gasteiger partial charge is 0.392 e. The fourth-order valence-electron chi connectivity index (χ4n) is 3.13. The zero-order chi connectivity index (χ0) is 12.6. The van der Waals surface area contributed by atoms with Crippen molar-refractivity contribution in [3.05, 3.63) is 0 Å². The van der Waals surface area contributed by atoms with Crippen molar-refractivity contribution in [3.63, 3.8) is 0 Å². The molecule has 98 valence electrons. The molecule has 4 atom stereocenters. The Morgan fingerprint density at radius 3 is 2.65 bits per heavy atom. The lowest BCUT2D eigenvalue weighted by Gasteiger charge is -2.22. The Kier molecular flexibility index (Phi) is 3.75. The van der Waals surface area contributed by atoms with Gasteiger partial charge < -0.3 is 5.73 Å². The molecule has 2 bridgehead atoms. The van der Waals surface area contributed by atoms with E-state index in [-0.39, 0.29) is 4.99 Å². The molecule has 4 unspecified atom stereocenters. The van der Waals surface area contributed by atoms with Gasteiger partial charge in [0.05, 0.1) is 4.99 Å². The second-order valence-corrected chi connectivity index (χ2v) is 7.93. The van der Waals surface area contributed by atoms with Crippen molar-refractivity contribution in [3.8, 4) is 0 Å². The first-order valence-electron chi connectivity index (χ1n) is 6.18. The monoisotopic (exact) mass is 276 g/mol. The summed E-state index contributed by atoms with van der Waals surface area (Å²) >= 11 is 4.73. The summed E-state index contributed by atoms with van der Waals surface area (Å²) in [5.74, 6) is 2.08. The van der Waals surface area contributed by atoms with Gasteiger partial charge in [0.15, 0.2) is 0 Å². The van der Waals surface area contributed by atoms with Gasteiger partial charge in [-0.25, -0.2) is 13.1 Å². The van der Waals surface area contributed by atoms with Crippen LogP contribution in [0.25, 0.3) is 0 Å². The summed E-state index contributed by atoms with van der Waals surface area (Å²) in [7, 11) is -3.38. The minimum absolute atomic E-state index is 0.0328. The lowest BCUT2D eigenvalue weighted by Crippen LogP contribution is -2.42. The highest BCUT2D eigenvalue weighted by Crippen LogP contribution is 2.47. The fraction of sp³-hybridized carbons (Fsp3) is 0.909. The Bertz CT molecular complexity index is 408. The molecule has 0 radical (unpaired) electrons. The van der Waals surface area contributed by atoms with Crippen LogP contribution in [0.3, 0.4) is 0 Å². The molecule has 0 aromatic carbocycles. The van der Waals surface area contributed by atoms with Gasteiger partial charge >= 0.3 is 0 Å². The first-order valence-corrected chi connectivity index (χ1v) is 8.13. The Morgan fingerprint density at radius 1 is 1.47 bits per heavy atom. The predicted molar refractivity (Wildman–Crippen MR) is 72.1 cm³/mol. The maximum Gasteiger partial charge on any atom is 0.220 e. The number of sulfonamides is 1. The third-order valence-electron chi connectivity index (χ3n) is 4.30. The van der Waals surface area contributed by atoms with Crippen molar-refractivity contribution in [2.75, 3.05) is 6.54 Å². The van der Waals surface area contributed by atoms with Crippen molar-refractivity contribution >= 4 is 27.2 Å². The van der Waals surface area contributed by atoms with Crippen LogP contribution in [0.4, 0.5) is 0 Å².